The summed E-state index contributed by atoms with van der Waals surface area (Å²) in [5.74, 6) is -1.70. The quantitative estimate of drug-likeness (QED) is 0.233. The number of para-hydroxylation sites is 1. The van der Waals surface area contributed by atoms with Crippen molar-refractivity contribution in [3.05, 3.63) is 67.9 Å². The Morgan fingerprint density at radius 3 is 2.60 bits per heavy atom. The van der Waals surface area contributed by atoms with Gasteiger partial charge >= 0.3 is 5.97 Å². The van der Waals surface area contributed by atoms with Crippen molar-refractivity contribution in [2.24, 2.45) is 0 Å². The number of benzene rings is 2. The summed E-state index contributed by atoms with van der Waals surface area (Å²) in [5.41, 5.74) is 1.76. The van der Waals surface area contributed by atoms with Crippen molar-refractivity contribution in [1.82, 2.24) is 0 Å². The minimum atomic E-state index is -0.614. The van der Waals surface area contributed by atoms with Crippen LogP contribution in [0.25, 0.3) is 0 Å². The molecule has 0 spiro atoms. The van der Waals surface area contributed by atoms with Gasteiger partial charge in [-0.05, 0) is 71.8 Å². The number of anilines is 2. The summed E-state index contributed by atoms with van der Waals surface area (Å²) >= 11 is 8.38. The van der Waals surface area contributed by atoms with Gasteiger partial charge in [-0.15, -0.1) is 0 Å². The highest BCUT2D eigenvalue weighted by molar-refractivity contribution is 14.1. The fourth-order valence-corrected chi connectivity index (χ4v) is 3.85. The van der Waals surface area contributed by atoms with Crippen molar-refractivity contribution in [2.75, 3.05) is 16.8 Å². The number of unbranched alkanes of at least 4 members (excludes halogenated alkanes) is 1. The first-order valence-corrected chi connectivity index (χ1v) is 10.9. The standard InChI is InChI=1S/C22H20ClIN2O4/c1-3-4-11-30-22(29)15-7-5-6-8-16(15)25-19-18(23)20(27)26(21(19)28)17-10-9-14(24)12-13(17)2/h5-10,12,25H,3-4,11H2,1-2H3. The van der Waals surface area contributed by atoms with Crippen LogP contribution in [0.3, 0.4) is 0 Å². The van der Waals surface area contributed by atoms with E-state index in [4.69, 9.17) is 16.3 Å². The number of halogens is 2. The third kappa shape index (κ3) is 4.52. The van der Waals surface area contributed by atoms with E-state index in [0.29, 0.717) is 18.0 Å². The maximum atomic E-state index is 13.0. The molecule has 30 heavy (non-hydrogen) atoms. The number of hydrogen-bond donors (Lipinski definition) is 1. The van der Waals surface area contributed by atoms with Gasteiger partial charge in [0.1, 0.15) is 10.7 Å². The first-order chi connectivity index (χ1) is 14.3. The smallest absolute Gasteiger partial charge is 0.340 e. The van der Waals surface area contributed by atoms with Crippen molar-refractivity contribution in [2.45, 2.75) is 26.7 Å². The van der Waals surface area contributed by atoms with E-state index < -0.39 is 17.8 Å². The first kappa shape index (κ1) is 22.3. The lowest BCUT2D eigenvalue weighted by Crippen LogP contribution is -2.33. The van der Waals surface area contributed by atoms with E-state index in [0.717, 1.165) is 26.9 Å². The zero-order chi connectivity index (χ0) is 21.8. The second kappa shape index (κ2) is 9.61. The number of esters is 1. The van der Waals surface area contributed by atoms with Crippen LogP contribution in [0, 0.1) is 10.5 Å². The van der Waals surface area contributed by atoms with Gasteiger partial charge in [0.05, 0.1) is 23.5 Å². The molecule has 1 heterocycles. The van der Waals surface area contributed by atoms with E-state index in [-0.39, 0.29) is 16.3 Å². The molecule has 0 atom stereocenters. The third-order valence-corrected chi connectivity index (χ3v) is 5.59. The summed E-state index contributed by atoms with van der Waals surface area (Å²) in [6.07, 6.45) is 1.66. The molecular weight excluding hydrogens is 519 g/mol. The Hall–Kier alpha value is -2.39. The van der Waals surface area contributed by atoms with Crippen LogP contribution in [-0.4, -0.2) is 24.4 Å². The molecule has 0 fully saturated rings. The predicted octanol–water partition coefficient (Wildman–Crippen LogP) is 4.99. The highest BCUT2D eigenvalue weighted by Gasteiger charge is 2.39. The van der Waals surface area contributed by atoms with Crippen molar-refractivity contribution >= 4 is 63.4 Å². The Balaban J connectivity index is 1.88. The Kier molecular flexibility index (Phi) is 7.14. The predicted molar refractivity (Wildman–Crippen MR) is 125 cm³/mol. The van der Waals surface area contributed by atoms with Crippen LogP contribution in [-0.2, 0) is 14.3 Å². The lowest BCUT2D eigenvalue weighted by Gasteiger charge is -2.18. The van der Waals surface area contributed by atoms with Gasteiger partial charge in [-0.2, -0.15) is 0 Å². The lowest BCUT2D eigenvalue weighted by atomic mass is 10.1. The molecule has 156 valence electrons. The largest absolute Gasteiger partial charge is 0.462 e. The molecule has 1 aliphatic rings. The highest BCUT2D eigenvalue weighted by Crippen LogP contribution is 2.33. The van der Waals surface area contributed by atoms with Crippen LogP contribution in [0.2, 0.25) is 0 Å². The summed E-state index contributed by atoms with van der Waals surface area (Å²) in [5, 5.41) is 2.65. The number of carbonyl (C=O) groups excluding carboxylic acids is 3. The zero-order valence-corrected chi connectivity index (χ0v) is 19.4. The number of hydrogen-bond acceptors (Lipinski definition) is 5. The Bertz CT molecular complexity index is 1050. The number of nitrogens with one attached hydrogen (secondary N) is 1. The average molecular weight is 539 g/mol. The Morgan fingerprint density at radius 2 is 1.90 bits per heavy atom. The highest BCUT2D eigenvalue weighted by atomic mass is 127. The fourth-order valence-electron chi connectivity index (χ4n) is 2.99. The number of nitrogens with zero attached hydrogens (tertiary/aromatic N) is 1. The minimum absolute atomic E-state index is 0.0755. The van der Waals surface area contributed by atoms with Crippen molar-refractivity contribution in [1.29, 1.82) is 0 Å². The second-order valence-electron chi connectivity index (χ2n) is 6.73. The minimum Gasteiger partial charge on any atom is -0.462 e. The van der Waals surface area contributed by atoms with Gasteiger partial charge in [0.25, 0.3) is 11.8 Å². The lowest BCUT2D eigenvalue weighted by molar-refractivity contribution is -0.120. The van der Waals surface area contributed by atoms with Crippen molar-refractivity contribution in [3.63, 3.8) is 0 Å². The number of imide groups is 1. The van der Waals surface area contributed by atoms with Crippen LogP contribution in [0.1, 0.15) is 35.7 Å². The van der Waals surface area contributed by atoms with Crippen LogP contribution in [0.5, 0.6) is 0 Å². The molecule has 3 rings (SSSR count). The number of carbonyl (C=O) groups is 3. The van der Waals surface area contributed by atoms with Crippen LogP contribution >= 0.6 is 34.2 Å². The topological polar surface area (TPSA) is 75.7 Å². The molecule has 0 saturated heterocycles. The fraction of sp³-hybridized carbons (Fsp3) is 0.227. The van der Waals surface area contributed by atoms with Crippen LogP contribution in [0.15, 0.2) is 53.2 Å². The Labute approximate surface area is 193 Å². The van der Waals surface area contributed by atoms with E-state index in [1.54, 1.807) is 30.3 Å². The monoisotopic (exact) mass is 538 g/mol. The molecule has 6 nitrogen and oxygen atoms in total. The number of ether oxygens (including phenoxy) is 1. The SMILES string of the molecule is CCCCOC(=O)c1ccccc1NC1=C(Cl)C(=O)N(c2ccc(I)cc2C)C1=O. The molecule has 0 saturated carbocycles. The van der Waals surface area contributed by atoms with Gasteiger partial charge in [0, 0.05) is 3.57 Å². The van der Waals surface area contributed by atoms with E-state index in [2.05, 4.69) is 27.9 Å². The second-order valence-corrected chi connectivity index (χ2v) is 8.35. The molecule has 0 bridgehead atoms. The molecule has 0 unspecified atom stereocenters. The van der Waals surface area contributed by atoms with E-state index in [1.807, 2.05) is 26.0 Å². The van der Waals surface area contributed by atoms with Gasteiger partial charge in [0.15, 0.2) is 0 Å². The number of aryl methyl sites for hydroxylation is 1. The summed E-state index contributed by atoms with van der Waals surface area (Å²) < 4.78 is 6.26. The molecule has 2 aromatic rings. The molecule has 0 radical (unpaired) electrons. The van der Waals surface area contributed by atoms with Gasteiger partial charge in [0.2, 0.25) is 0 Å². The van der Waals surface area contributed by atoms with Gasteiger partial charge in [-0.3, -0.25) is 9.59 Å². The molecule has 2 amide bonds. The summed E-state index contributed by atoms with van der Waals surface area (Å²) in [6, 6.07) is 12.0. The van der Waals surface area contributed by atoms with Crippen LogP contribution in [0.4, 0.5) is 11.4 Å². The number of rotatable bonds is 7. The molecule has 8 heteroatoms. The third-order valence-electron chi connectivity index (χ3n) is 4.56. The van der Waals surface area contributed by atoms with Crippen molar-refractivity contribution in [3.8, 4) is 0 Å². The Morgan fingerprint density at radius 1 is 1.17 bits per heavy atom. The maximum Gasteiger partial charge on any atom is 0.340 e. The molecule has 0 aromatic heterocycles. The average Bonchev–Trinajstić information content (AvgIpc) is 2.92. The van der Waals surface area contributed by atoms with Gasteiger partial charge in [-0.25, -0.2) is 9.69 Å². The molecule has 2 aromatic carbocycles. The van der Waals surface area contributed by atoms with Gasteiger partial charge < -0.3 is 10.1 Å². The summed E-state index contributed by atoms with van der Waals surface area (Å²) in [6.45, 7) is 4.13. The summed E-state index contributed by atoms with van der Waals surface area (Å²) in [4.78, 5) is 39.2. The summed E-state index contributed by atoms with van der Waals surface area (Å²) in [7, 11) is 0. The van der Waals surface area contributed by atoms with E-state index in [9.17, 15) is 14.4 Å². The molecule has 0 aliphatic carbocycles. The van der Waals surface area contributed by atoms with Crippen molar-refractivity contribution < 1.29 is 19.1 Å². The molecular formula is C22H20ClIN2O4. The zero-order valence-electron chi connectivity index (χ0n) is 16.5. The van der Waals surface area contributed by atoms with Gasteiger partial charge in [-0.1, -0.05) is 37.1 Å². The van der Waals surface area contributed by atoms with E-state index in [1.165, 1.54) is 0 Å². The first-order valence-electron chi connectivity index (χ1n) is 9.43. The molecule has 1 N–H and O–H groups in total. The van der Waals surface area contributed by atoms with E-state index >= 15 is 0 Å². The normalized spacial score (nSPS) is 13.8. The maximum absolute atomic E-state index is 13.0. The van der Waals surface area contributed by atoms with Crippen LogP contribution < -0.4 is 10.2 Å². The number of amides is 2. The molecule has 1 aliphatic heterocycles.